The van der Waals surface area contributed by atoms with Crippen LogP contribution in [0.25, 0.3) is 0 Å². The Bertz CT molecular complexity index is 756. The maximum absolute atomic E-state index is 13.8. The van der Waals surface area contributed by atoms with Crippen molar-refractivity contribution in [2.45, 2.75) is 48.8 Å². The Kier molecular flexibility index (Phi) is 6.44. The lowest BCUT2D eigenvalue weighted by atomic mass is 9.92. The SMILES string of the molecule is CC(OC(=O)c1ccccc1)C(F)(F)C(F)(F)C(F)(F)C(F)(F)C(F)(F)C(F)(F)F. The van der Waals surface area contributed by atoms with Crippen LogP contribution in [-0.4, -0.2) is 47.9 Å². The maximum Gasteiger partial charge on any atom is 0.460 e. The summed E-state index contributed by atoms with van der Waals surface area (Å²) >= 11 is 0. The van der Waals surface area contributed by atoms with Gasteiger partial charge in [-0.2, -0.15) is 57.1 Å². The Hall–Kier alpha value is -2.22. The first-order valence-electron chi connectivity index (χ1n) is 7.38. The number of halogens is 13. The van der Waals surface area contributed by atoms with Crippen molar-refractivity contribution < 1.29 is 66.6 Å². The number of alkyl halides is 13. The van der Waals surface area contributed by atoms with Gasteiger partial charge in [0, 0.05) is 0 Å². The van der Waals surface area contributed by atoms with E-state index in [0.717, 1.165) is 24.3 Å². The Labute approximate surface area is 158 Å². The van der Waals surface area contributed by atoms with E-state index in [9.17, 15) is 61.9 Å². The summed E-state index contributed by atoms with van der Waals surface area (Å²) in [6.45, 7) is -0.176. The summed E-state index contributed by atoms with van der Waals surface area (Å²) in [7, 11) is 0. The van der Waals surface area contributed by atoms with Crippen molar-refractivity contribution in [1.29, 1.82) is 0 Å². The molecule has 2 nitrogen and oxygen atoms in total. The van der Waals surface area contributed by atoms with Gasteiger partial charge in [0.05, 0.1) is 5.56 Å². The van der Waals surface area contributed by atoms with Crippen molar-refractivity contribution >= 4 is 5.97 Å². The number of hydrogen-bond acceptors (Lipinski definition) is 2. The molecular formula is C15H9F13O2. The largest absolute Gasteiger partial charge is 0.460 e. The molecule has 15 heteroatoms. The Morgan fingerprint density at radius 3 is 1.50 bits per heavy atom. The van der Waals surface area contributed by atoms with E-state index in [1.165, 1.54) is 6.07 Å². The first kappa shape index (κ1) is 25.8. The maximum atomic E-state index is 13.8. The molecule has 0 aliphatic carbocycles. The molecule has 1 aromatic carbocycles. The molecule has 0 N–H and O–H groups in total. The third-order valence-electron chi connectivity index (χ3n) is 3.76. The van der Waals surface area contributed by atoms with E-state index in [4.69, 9.17) is 0 Å². The summed E-state index contributed by atoms with van der Waals surface area (Å²) in [5, 5.41) is 0. The predicted octanol–water partition coefficient (Wildman–Crippen LogP) is 5.97. The molecule has 0 aliphatic rings. The Balaban J connectivity index is 3.32. The van der Waals surface area contributed by atoms with Crippen molar-refractivity contribution in [2.75, 3.05) is 0 Å². The topological polar surface area (TPSA) is 26.3 Å². The van der Waals surface area contributed by atoms with E-state index in [-0.39, 0.29) is 6.92 Å². The van der Waals surface area contributed by atoms with Crippen LogP contribution in [0.1, 0.15) is 17.3 Å². The molecule has 0 saturated carbocycles. The normalized spacial score (nSPS) is 15.7. The van der Waals surface area contributed by atoms with Crippen LogP contribution < -0.4 is 0 Å². The number of hydrogen-bond donors (Lipinski definition) is 0. The first-order valence-corrected chi connectivity index (χ1v) is 7.38. The van der Waals surface area contributed by atoms with Crippen LogP contribution in [0.3, 0.4) is 0 Å². The molecule has 0 fully saturated rings. The van der Waals surface area contributed by atoms with Gasteiger partial charge in [0.25, 0.3) is 0 Å². The summed E-state index contributed by atoms with van der Waals surface area (Å²) in [6.07, 6.45) is -11.1. The third kappa shape index (κ3) is 3.77. The summed E-state index contributed by atoms with van der Waals surface area (Å²) < 4.78 is 173. The molecule has 30 heavy (non-hydrogen) atoms. The van der Waals surface area contributed by atoms with Gasteiger partial charge in [-0.1, -0.05) is 18.2 Å². The zero-order chi connectivity index (χ0) is 24.0. The minimum atomic E-state index is -8.01. The molecule has 0 radical (unpaired) electrons. The molecule has 0 heterocycles. The highest BCUT2D eigenvalue weighted by Crippen LogP contribution is 2.60. The Morgan fingerprint density at radius 2 is 1.10 bits per heavy atom. The van der Waals surface area contributed by atoms with Crippen molar-refractivity contribution in [3.63, 3.8) is 0 Å². The van der Waals surface area contributed by atoms with Gasteiger partial charge < -0.3 is 4.74 Å². The summed E-state index contributed by atoms with van der Waals surface area (Å²) in [4.78, 5) is 11.6. The zero-order valence-corrected chi connectivity index (χ0v) is 14.2. The van der Waals surface area contributed by atoms with Gasteiger partial charge in [-0.15, -0.1) is 0 Å². The van der Waals surface area contributed by atoms with E-state index in [1.807, 2.05) is 0 Å². The van der Waals surface area contributed by atoms with E-state index in [1.54, 1.807) is 0 Å². The standard InChI is InChI=1S/C15H9F13O2/c1-7(30-9(29)8-5-3-2-4-6-8)10(16,17)11(18,19)12(20,21)13(22,23)14(24,25)15(26,27)28/h2-7H,1H3. The highest BCUT2D eigenvalue weighted by atomic mass is 19.4. The summed E-state index contributed by atoms with van der Waals surface area (Å²) in [5.41, 5.74) is -0.579. The van der Waals surface area contributed by atoms with Gasteiger partial charge in [-0.05, 0) is 19.1 Å². The fourth-order valence-corrected chi connectivity index (χ4v) is 1.91. The second kappa shape index (κ2) is 7.48. The monoisotopic (exact) mass is 468 g/mol. The molecule has 0 aliphatic heterocycles. The van der Waals surface area contributed by atoms with Crippen molar-refractivity contribution in [2.24, 2.45) is 0 Å². The van der Waals surface area contributed by atoms with E-state index in [2.05, 4.69) is 4.74 Å². The second-order valence-corrected chi connectivity index (χ2v) is 5.83. The van der Waals surface area contributed by atoms with E-state index < -0.39 is 53.4 Å². The third-order valence-corrected chi connectivity index (χ3v) is 3.76. The minimum Gasteiger partial charge on any atom is -0.452 e. The van der Waals surface area contributed by atoms with Crippen LogP contribution in [0.5, 0.6) is 0 Å². The zero-order valence-electron chi connectivity index (χ0n) is 14.2. The van der Waals surface area contributed by atoms with Gasteiger partial charge in [0.15, 0.2) is 6.10 Å². The molecule has 0 saturated heterocycles. The van der Waals surface area contributed by atoms with Crippen molar-refractivity contribution in [1.82, 2.24) is 0 Å². The number of esters is 1. The van der Waals surface area contributed by atoms with E-state index >= 15 is 0 Å². The lowest BCUT2D eigenvalue weighted by molar-refractivity contribution is -0.443. The van der Waals surface area contributed by atoms with Crippen molar-refractivity contribution in [3.8, 4) is 0 Å². The number of carbonyl (C=O) groups excluding carboxylic acids is 1. The smallest absolute Gasteiger partial charge is 0.452 e. The van der Waals surface area contributed by atoms with Crippen LogP contribution in [-0.2, 0) is 4.74 Å². The average molecular weight is 468 g/mol. The second-order valence-electron chi connectivity index (χ2n) is 5.83. The minimum absolute atomic E-state index is 0.176. The van der Waals surface area contributed by atoms with Gasteiger partial charge in [-0.25, -0.2) is 4.79 Å². The van der Waals surface area contributed by atoms with Crippen LogP contribution in [0.15, 0.2) is 30.3 Å². The quantitative estimate of drug-likeness (QED) is 0.364. The van der Waals surface area contributed by atoms with Gasteiger partial charge in [-0.3, -0.25) is 0 Å². The molecule has 1 unspecified atom stereocenters. The fraction of sp³-hybridized carbons (Fsp3) is 0.533. The van der Waals surface area contributed by atoms with Gasteiger partial charge >= 0.3 is 41.8 Å². The van der Waals surface area contributed by atoms with Crippen LogP contribution in [0.4, 0.5) is 57.1 Å². The lowest BCUT2D eigenvalue weighted by Crippen LogP contribution is -2.71. The summed E-state index contributed by atoms with van der Waals surface area (Å²) in [5.74, 6) is -39.6. The van der Waals surface area contributed by atoms with E-state index in [0.29, 0.717) is 0 Å². The molecule has 0 bridgehead atoms. The van der Waals surface area contributed by atoms with Crippen LogP contribution >= 0.6 is 0 Å². The Morgan fingerprint density at radius 1 is 0.700 bits per heavy atom. The van der Waals surface area contributed by atoms with Crippen molar-refractivity contribution in [3.05, 3.63) is 35.9 Å². The van der Waals surface area contributed by atoms with Crippen LogP contribution in [0.2, 0.25) is 0 Å². The predicted molar refractivity (Wildman–Crippen MR) is 72.1 cm³/mol. The van der Waals surface area contributed by atoms with Gasteiger partial charge in [0.1, 0.15) is 0 Å². The molecule has 172 valence electrons. The first-order chi connectivity index (χ1) is 13.2. The number of benzene rings is 1. The highest BCUT2D eigenvalue weighted by Gasteiger charge is 2.91. The molecule has 1 rings (SSSR count). The fourth-order valence-electron chi connectivity index (χ4n) is 1.91. The molecule has 0 amide bonds. The molecular weight excluding hydrogens is 459 g/mol. The molecule has 0 spiro atoms. The molecule has 1 aromatic rings. The molecule has 0 aromatic heterocycles. The average Bonchev–Trinajstić information content (AvgIpc) is 2.60. The molecule has 1 atom stereocenters. The number of carbonyl (C=O) groups is 1. The van der Waals surface area contributed by atoms with Gasteiger partial charge in [0.2, 0.25) is 0 Å². The highest BCUT2D eigenvalue weighted by molar-refractivity contribution is 5.89. The summed E-state index contributed by atoms with van der Waals surface area (Å²) in [6, 6.07) is 5.33. The number of rotatable bonds is 7. The van der Waals surface area contributed by atoms with Crippen LogP contribution in [0, 0.1) is 0 Å². The lowest BCUT2D eigenvalue weighted by Gasteiger charge is -2.40. The number of ether oxygens (including phenoxy) is 1.